The van der Waals surface area contributed by atoms with Crippen molar-refractivity contribution < 1.29 is 0 Å². The minimum Gasteiger partial charge on any atom is -0.237 e. The fourth-order valence-corrected chi connectivity index (χ4v) is 1.93. The Bertz CT molecular complexity index is 500. The molecule has 0 saturated carbocycles. The highest BCUT2D eigenvalue weighted by Gasteiger charge is 2.10. The smallest absolute Gasteiger partial charge is 0.0663 e. The van der Waals surface area contributed by atoms with Gasteiger partial charge in [-0.1, -0.05) is 31.5 Å². The summed E-state index contributed by atoms with van der Waals surface area (Å²) in [6, 6.07) is 9.88. The molecule has 3 heteroatoms. The first kappa shape index (κ1) is 11.2. The highest BCUT2D eigenvalue weighted by Crippen LogP contribution is 2.21. The van der Waals surface area contributed by atoms with Crippen LogP contribution in [0.15, 0.2) is 30.3 Å². The quantitative estimate of drug-likeness (QED) is 0.769. The zero-order chi connectivity index (χ0) is 11.7. The zero-order valence-electron chi connectivity index (χ0n) is 9.74. The molecule has 0 aliphatic carbocycles. The van der Waals surface area contributed by atoms with Crippen molar-refractivity contribution in [2.24, 2.45) is 0 Å². The van der Waals surface area contributed by atoms with Gasteiger partial charge in [0.1, 0.15) is 0 Å². The Hall–Kier alpha value is -1.28. The minimum atomic E-state index is 0.445. The van der Waals surface area contributed by atoms with Crippen LogP contribution in [0.2, 0.25) is 5.02 Å². The Kier molecular flexibility index (Phi) is 3.01. The van der Waals surface area contributed by atoms with Crippen molar-refractivity contribution in [3.63, 3.8) is 0 Å². The fourth-order valence-electron chi connectivity index (χ4n) is 1.75. The molecular formula is C13H15ClN2. The second-order valence-corrected chi connectivity index (χ2v) is 4.69. The molecule has 1 aromatic carbocycles. The first-order valence-corrected chi connectivity index (χ1v) is 5.78. The van der Waals surface area contributed by atoms with Crippen LogP contribution in [0.1, 0.15) is 31.2 Å². The van der Waals surface area contributed by atoms with Crippen LogP contribution in [0.25, 0.3) is 5.69 Å². The summed E-state index contributed by atoms with van der Waals surface area (Å²) in [5.41, 5.74) is 3.26. The number of nitrogens with zero attached hydrogens (tertiary/aromatic N) is 2. The molecule has 0 atom stereocenters. The fraction of sp³-hybridized carbons (Fsp3) is 0.308. The molecule has 1 aromatic heterocycles. The third kappa shape index (κ3) is 2.12. The Morgan fingerprint density at radius 1 is 1.25 bits per heavy atom. The molecule has 0 unspecified atom stereocenters. The summed E-state index contributed by atoms with van der Waals surface area (Å²) in [6.07, 6.45) is 0. The van der Waals surface area contributed by atoms with Crippen molar-refractivity contribution in [1.82, 2.24) is 9.78 Å². The van der Waals surface area contributed by atoms with Crippen molar-refractivity contribution in [2.45, 2.75) is 26.7 Å². The van der Waals surface area contributed by atoms with E-state index in [-0.39, 0.29) is 0 Å². The minimum absolute atomic E-state index is 0.445. The van der Waals surface area contributed by atoms with Gasteiger partial charge in [-0.3, -0.25) is 0 Å². The summed E-state index contributed by atoms with van der Waals surface area (Å²) in [4.78, 5) is 0. The monoisotopic (exact) mass is 234 g/mol. The predicted molar refractivity (Wildman–Crippen MR) is 67.4 cm³/mol. The van der Waals surface area contributed by atoms with Crippen LogP contribution in [-0.4, -0.2) is 9.78 Å². The molecule has 0 radical (unpaired) electrons. The summed E-state index contributed by atoms with van der Waals surface area (Å²) in [7, 11) is 0. The van der Waals surface area contributed by atoms with Crippen molar-refractivity contribution >= 4 is 11.6 Å². The molecule has 2 aromatic rings. The molecule has 0 bridgehead atoms. The third-order valence-corrected chi connectivity index (χ3v) is 2.74. The van der Waals surface area contributed by atoms with Gasteiger partial charge in [-0.2, -0.15) is 5.10 Å². The van der Waals surface area contributed by atoms with Crippen LogP contribution in [-0.2, 0) is 0 Å². The second-order valence-electron chi connectivity index (χ2n) is 4.26. The number of aryl methyl sites for hydroxylation is 1. The van der Waals surface area contributed by atoms with Crippen LogP contribution in [0, 0.1) is 6.92 Å². The normalized spacial score (nSPS) is 11.1. The van der Waals surface area contributed by atoms with Crippen LogP contribution < -0.4 is 0 Å². The van der Waals surface area contributed by atoms with Crippen LogP contribution in [0.4, 0.5) is 0 Å². The molecule has 84 valence electrons. The maximum absolute atomic E-state index is 5.99. The molecule has 1 heterocycles. The van der Waals surface area contributed by atoms with E-state index < -0.39 is 0 Å². The third-order valence-electron chi connectivity index (χ3n) is 2.50. The molecule has 0 N–H and O–H groups in total. The van der Waals surface area contributed by atoms with E-state index in [1.807, 2.05) is 35.9 Å². The van der Waals surface area contributed by atoms with E-state index in [4.69, 9.17) is 11.6 Å². The van der Waals surface area contributed by atoms with Gasteiger partial charge < -0.3 is 0 Å². The Morgan fingerprint density at radius 3 is 2.62 bits per heavy atom. The summed E-state index contributed by atoms with van der Waals surface area (Å²) in [5.74, 6) is 0.445. The summed E-state index contributed by atoms with van der Waals surface area (Å²) >= 11 is 5.99. The number of rotatable bonds is 2. The van der Waals surface area contributed by atoms with E-state index in [1.165, 1.54) is 5.69 Å². The largest absolute Gasteiger partial charge is 0.237 e. The Morgan fingerprint density at radius 2 is 2.00 bits per heavy atom. The topological polar surface area (TPSA) is 17.8 Å². The van der Waals surface area contributed by atoms with Gasteiger partial charge >= 0.3 is 0 Å². The highest BCUT2D eigenvalue weighted by molar-refractivity contribution is 6.30. The first-order valence-electron chi connectivity index (χ1n) is 5.40. The molecule has 0 amide bonds. The lowest BCUT2D eigenvalue weighted by molar-refractivity contribution is 0.731. The molecule has 2 nitrogen and oxygen atoms in total. The Labute approximate surface area is 101 Å². The van der Waals surface area contributed by atoms with Crippen LogP contribution >= 0.6 is 11.6 Å². The molecule has 16 heavy (non-hydrogen) atoms. The number of hydrogen-bond donors (Lipinski definition) is 0. The van der Waals surface area contributed by atoms with E-state index >= 15 is 0 Å². The maximum atomic E-state index is 5.99. The van der Waals surface area contributed by atoms with E-state index in [9.17, 15) is 0 Å². The zero-order valence-corrected chi connectivity index (χ0v) is 10.5. The molecule has 2 rings (SSSR count). The molecule has 0 aliphatic heterocycles. The van der Waals surface area contributed by atoms with Gasteiger partial charge in [-0.25, -0.2) is 4.68 Å². The lowest BCUT2D eigenvalue weighted by Crippen LogP contribution is -2.03. The number of benzene rings is 1. The van der Waals surface area contributed by atoms with Crippen LogP contribution in [0.5, 0.6) is 0 Å². The van der Waals surface area contributed by atoms with E-state index in [0.29, 0.717) is 5.92 Å². The second kappa shape index (κ2) is 4.30. The van der Waals surface area contributed by atoms with Gasteiger partial charge in [0.2, 0.25) is 0 Å². The average molecular weight is 235 g/mol. The van der Waals surface area contributed by atoms with Crippen LogP contribution in [0.3, 0.4) is 0 Å². The highest BCUT2D eigenvalue weighted by atomic mass is 35.5. The van der Waals surface area contributed by atoms with Gasteiger partial charge in [0.15, 0.2) is 0 Å². The van der Waals surface area contributed by atoms with Crippen molar-refractivity contribution in [2.75, 3.05) is 0 Å². The summed E-state index contributed by atoms with van der Waals surface area (Å²) in [6.45, 7) is 6.34. The molecule has 0 spiro atoms. The molecule has 0 saturated heterocycles. The predicted octanol–water partition coefficient (Wildman–Crippen LogP) is 3.96. The van der Waals surface area contributed by atoms with E-state index in [2.05, 4.69) is 25.0 Å². The standard InChI is InChI=1S/C13H15ClN2/c1-9(2)13-7-10(3)15-16(13)12-6-4-5-11(14)8-12/h4-9H,1-3H3. The van der Waals surface area contributed by atoms with Crippen molar-refractivity contribution in [3.05, 3.63) is 46.7 Å². The summed E-state index contributed by atoms with van der Waals surface area (Å²) in [5, 5.41) is 5.24. The molecule has 0 aliphatic rings. The lowest BCUT2D eigenvalue weighted by atomic mass is 10.1. The lowest BCUT2D eigenvalue weighted by Gasteiger charge is -2.10. The average Bonchev–Trinajstić information content (AvgIpc) is 2.60. The van der Waals surface area contributed by atoms with Gasteiger partial charge in [-0.15, -0.1) is 0 Å². The van der Waals surface area contributed by atoms with E-state index in [0.717, 1.165) is 16.4 Å². The summed E-state index contributed by atoms with van der Waals surface area (Å²) < 4.78 is 1.96. The van der Waals surface area contributed by atoms with Crippen molar-refractivity contribution in [1.29, 1.82) is 0 Å². The number of aromatic nitrogens is 2. The van der Waals surface area contributed by atoms with Gasteiger partial charge in [0.25, 0.3) is 0 Å². The van der Waals surface area contributed by atoms with Gasteiger partial charge in [0, 0.05) is 10.7 Å². The van der Waals surface area contributed by atoms with Gasteiger partial charge in [-0.05, 0) is 37.1 Å². The Balaban J connectivity index is 2.55. The first-order chi connectivity index (χ1) is 7.58. The SMILES string of the molecule is Cc1cc(C(C)C)n(-c2cccc(Cl)c2)n1. The molecule has 0 fully saturated rings. The van der Waals surface area contributed by atoms with E-state index in [1.54, 1.807) is 0 Å². The van der Waals surface area contributed by atoms with Gasteiger partial charge in [0.05, 0.1) is 11.4 Å². The molecular weight excluding hydrogens is 220 g/mol. The maximum Gasteiger partial charge on any atom is 0.0663 e. The number of halogens is 1. The van der Waals surface area contributed by atoms with Crippen molar-refractivity contribution in [3.8, 4) is 5.69 Å². The number of hydrogen-bond acceptors (Lipinski definition) is 1.